The van der Waals surface area contributed by atoms with Gasteiger partial charge in [0.2, 0.25) is 5.91 Å². The molecule has 1 heterocycles. The first kappa shape index (κ1) is 19.9. The molecule has 0 spiro atoms. The molecule has 0 bridgehead atoms. The van der Waals surface area contributed by atoms with Crippen LogP contribution in [0.4, 0.5) is 0 Å². The number of benzene rings is 2. The van der Waals surface area contributed by atoms with E-state index < -0.39 is 0 Å². The molecule has 6 nitrogen and oxygen atoms in total. The summed E-state index contributed by atoms with van der Waals surface area (Å²) in [6.45, 7) is 2.16. The molecule has 0 saturated carbocycles. The van der Waals surface area contributed by atoms with E-state index in [-0.39, 0.29) is 25.0 Å². The fourth-order valence-corrected chi connectivity index (χ4v) is 3.43. The molecule has 3 rings (SSSR count). The Morgan fingerprint density at radius 1 is 1.11 bits per heavy atom. The first-order valence-corrected chi connectivity index (χ1v) is 9.66. The fraction of sp³-hybridized carbons (Fsp3) is 0.364. The molecule has 0 aromatic heterocycles. The maximum absolute atomic E-state index is 12.6. The minimum atomic E-state index is -0.0333. The first-order chi connectivity index (χ1) is 13.7. The maximum Gasteiger partial charge on any atom is 0.242 e. The lowest BCUT2D eigenvalue weighted by Crippen LogP contribution is -2.46. The van der Waals surface area contributed by atoms with Crippen molar-refractivity contribution in [3.8, 4) is 0 Å². The topological polar surface area (TPSA) is 77.0 Å². The van der Waals surface area contributed by atoms with Gasteiger partial charge in [-0.05, 0) is 23.1 Å². The summed E-state index contributed by atoms with van der Waals surface area (Å²) in [6.07, 6.45) is 0.893. The van der Waals surface area contributed by atoms with Gasteiger partial charge in [0.1, 0.15) is 0 Å². The minimum absolute atomic E-state index is 0.0333. The summed E-state index contributed by atoms with van der Waals surface area (Å²) in [4.78, 5) is 18.6. The van der Waals surface area contributed by atoms with Gasteiger partial charge in [0.15, 0.2) is 5.96 Å². The van der Waals surface area contributed by atoms with Crippen LogP contribution in [0.15, 0.2) is 59.6 Å². The van der Waals surface area contributed by atoms with Gasteiger partial charge in [0, 0.05) is 32.6 Å². The molecule has 0 fully saturated rings. The highest BCUT2D eigenvalue weighted by atomic mass is 16.3. The van der Waals surface area contributed by atoms with Crippen LogP contribution in [0.2, 0.25) is 0 Å². The summed E-state index contributed by atoms with van der Waals surface area (Å²) in [5.41, 5.74) is 3.61. The summed E-state index contributed by atoms with van der Waals surface area (Å²) in [7, 11) is 1.67. The van der Waals surface area contributed by atoms with Crippen LogP contribution in [0, 0.1) is 0 Å². The van der Waals surface area contributed by atoms with Crippen LogP contribution in [-0.2, 0) is 17.8 Å². The van der Waals surface area contributed by atoms with Crippen molar-refractivity contribution in [3.05, 3.63) is 71.3 Å². The van der Waals surface area contributed by atoms with E-state index in [1.807, 2.05) is 47.4 Å². The highest BCUT2D eigenvalue weighted by Gasteiger charge is 2.20. The van der Waals surface area contributed by atoms with Gasteiger partial charge in [0.25, 0.3) is 0 Å². The van der Waals surface area contributed by atoms with E-state index in [1.54, 1.807) is 7.05 Å². The third-order valence-corrected chi connectivity index (χ3v) is 5.12. The van der Waals surface area contributed by atoms with E-state index in [2.05, 4.69) is 27.8 Å². The Labute approximate surface area is 166 Å². The quantitative estimate of drug-likeness (QED) is 0.525. The zero-order valence-corrected chi connectivity index (χ0v) is 16.3. The van der Waals surface area contributed by atoms with Crippen molar-refractivity contribution in [3.63, 3.8) is 0 Å². The molecule has 0 radical (unpaired) electrons. The second-order valence-electron chi connectivity index (χ2n) is 6.93. The van der Waals surface area contributed by atoms with Crippen LogP contribution >= 0.6 is 0 Å². The Balaban J connectivity index is 1.48. The zero-order valence-electron chi connectivity index (χ0n) is 16.3. The van der Waals surface area contributed by atoms with Crippen LogP contribution in [0.3, 0.4) is 0 Å². The summed E-state index contributed by atoms with van der Waals surface area (Å²) < 4.78 is 0. The molecule has 0 aliphatic carbocycles. The number of aliphatic hydroxyl groups is 1. The third kappa shape index (κ3) is 5.10. The normalized spacial score (nSPS) is 14.9. The van der Waals surface area contributed by atoms with Crippen molar-refractivity contribution >= 4 is 11.9 Å². The van der Waals surface area contributed by atoms with Crippen molar-refractivity contribution in [2.24, 2.45) is 4.99 Å². The number of aliphatic hydroxyl groups excluding tert-OH is 1. The third-order valence-electron chi connectivity index (χ3n) is 5.12. The van der Waals surface area contributed by atoms with Crippen molar-refractivity contribution in [2.75, 3.05) is 33.3 Å². The Hall–Kier alpha value is -2.86. The Morgan fingerprint density at radius 3 is 2.54 bits per heavy atom. The molecule has 28 heavy (non-hydrogen) atoms. The summed E-state index contributed by atoms with van der Waals surface area (Å²) >= 11 is 0. The fourth-order valence-electron chi connectivity index (χ4n) is 3.43. The van der Waals surface area contributed by atoms with Gasteiger partial charge in [-0.25, -0.2) is 0 Å². The largest absolute Gasteiger partial charge is 0.396 e. The van der Waals surface area contributed by atoms with Gasteiger partial charge in [-0.2, -0.15) is 0 Å². The van der Waals surface area contributed by atoms with E-state index in [0.29, 0.717) is 19.0 Å². The van der Waals surface area contributed by atoms with Crippen LogP contribution in [0.5, 0.6) is 0 Å². The standard InChI is InChI=1S/C22H28N4O2/c1-23-22(24-13-20(16-27)17-7-3-2-4-8-17)25-14-21(28)26-12-11-18-9-5-6-10-19(18)15-26/h2-10,20,27H,11-16H2,1H3,(H2,23,24,25). The predicted molar refractivity (Wildman–Crippen MR) is 111 cm³/mol. The van der Waals surface area contributed by atoms with Crippen molar-refractivity contribution < 1.29 is 9.90 Å². The molecule has 0 saturated heterocycles. The number of hydrogen-bond donors (Lipinski definition) is 3. The second-order valence-corrected chi connectivity index (χ2v) is 6.93. The van der Waals surface area contributed by atoms with Gasteiger partial charge in [-0.3, -0.25) is 9.79 Å². The summed E-state index contributed by atoms with van der Waals surface area (Å²) in [5, 5.41) is 16.0. The first-order valence-electron chi connectivity index (χ1n) is 9.66. The van der Waals surface area contributed by atoms with Gasteiger partial charge < -0.3 is 20.6 Å². The molecule has 1 amide bonds. The van der Waals surface area contributed by atoms with E-state index in [1.165, 1.54) is 11.1 Å². The highest BCUT2D eigenvalue weighted by Crippen LogP contribution is 2.18. The molecule has 1 atom stereocenters. The molecular weight excluding hydrogens is 352 g/mol. The van der Waals surface area contributed by atoms with Gasteiger partial charge >= 0.3 is 0 Å². The van der Waals surface area contributed by atoms with Crippen molar-refractivity contribution in [1.29, 1.82) is 0 Å². The average Bonchev–Trinajstić information content (AvgIpc) is 2.76. The number of nitrogens with zero attached hydrogens (tertiary/aromatic N) is 2. The number of carbonyl (C=O) groups is 1. The number of guanidine groups is 1. The van der Waals surface area contributed by atoms with Gasteiger partial charge in [0.05, 0.1) is 13.2 Å². The monoisotopic (exact) mass is 380 g/mol. The zero-order chi connectivity index (χ0) is 19.8. The lowest BCUT2D eigenvalue weighted by Gasteiger charge is -2.29. The second kappa shape index (κ2) is 9.90. The molecule has 2 aromatic rings. The van der Waals surface area contributed by atoms with Crippen LogP contribution in [-0.4, -0.2) is 55.2 Å². The number of amides is 1. The molecule has 1 aliphatic heterocycles. The molecule has 2 aromatic carbocycles. The molecule has 3 N–H and O–H groups in total. The Morgan fingerprint density at radius 2 is 1.82 bits per heavy atom. The van der Waals surface area contributed by atoms with Crippen LogP contribution in [0.25, 0.3) is 0 Å². The lowest BCUT2D eigenvalue weighted by atomic mass is 10.00. The number of hydrogen-bond acceptors (Lipinski definition) is 3. The molecule has 1 aliphatic rings. The summed E-state index contributed by atoms with van der Waals surface area (Å²) in [6, 6.07) is 18.1. The van der Waals surface area contributed by atoms with Gasteiger partial charge in [-0.1, -0.05) is 54.6 Å². The smallest absolute Gasteiger partial charge is 0.242 e. The van der Waals surface area contributed by atoms with Crippen molar-refractivity contribution in [2.45, 2.75) is 18.9 Å². The molecule has 1 unspecified atom stereocenters. The van der Waals surface area contributed by atoms with E-state index in [4.69, 9.17) is 0 Å². The van der Waals surface area contributed by atoms with Crippen LogP contribution in [0.1, 0.15) is 22.6 Å². The van der Waals surface area contributed by atoms with Gasteiger partial charge in [-0.15, -0.1) is 0 Å². The maximum atomic E-state index is 12.6. The number of aliphatic imine (C=N–C) groups is 1. The van der Waals surface area contributed by atoms with E-state index in [0.717, 1.165) is 18.5 Å². The number of carbonyl (C=O) groups excluding carboxylic acids is 1. The minimum Gasteiger partial charge on any atom is -0.396 e. The Bertz CT molecular complexity index is 807. The molecular formula is C22H28N4O2. The SMILES string of the molecule is CN=C(NCC(=O)N1CCc2ccccc2C1)NCC(CO)c1ccccc1. The molecule has 148 valence electrons. The highest BCUT2D eigenvalue weighted by molar-refractivity contribution is 5.86. The van der Waals surface area contributed by atoms with E-state index >= 15 is 0 Å². The number of rotatable bonds is 6. The molecule has 6 heteroatoms. The summed E-state index contributed by atoms with van der Waals surface area (Å²) in [5.74, 6) is 0.577. The Kier molecular flexibility index (Phi) is 7.03. The predicted octanol–water partition coefficient (Wildman–Crippen LogP) is 1.51. The number of fused-ring (bicyclic) bond motifs is 1. The van der Waals surface area contributed by atoms with Crippen LogP contribution < -0.4 is 10.6 Å². The van der Waals surface area contributed by atoms with Crippen molar-refractivity contribution in [1.82, 2.24) is 15.5 Å². The average molecular weight is 380 g/mol. The van der Waals surface area contributed by atoms with E-state index in [9.17, 15) is 9.90 Å². The lowest BCUT2D eigenvalue weighted by molar-refractivity contribution is -0.130. The number of nitrogens with one attached hydrogen (secondary N) is 2.